The number of methoxy groups -OCH3 is 2. The number of ether oxygens (including phenoxy) is 2. The van der Waals surface area contributed by atoms with Gasteiger partial charge in [-0.3, -0.25) is 0 Å². The number of rotatable bonds is 6. The molecule has 0 aliphatic rings. The predicted molar refractivity (Wildman–Crippen MR) is 84.7 cm³/mol. The maximum absolute atomic E-state index is 11.3. The molecule has 1 aromatic carbocycles. The molecule has 0 saturated carbocycles. The van der Waals surface area contributed by atoms with Crippen LogP contribution in [0.1, 0.15) is 32.4 Å². The third kappa shape index (κ3) is 5.16. The van der Waals surface area contributed by atoms with Gasteiger partial charge >= 0.3 is 132 Å². The van der Waals surface area contributed by atoms with Gasteiger partial charge in [0.05, 0.1) is 0 Å². The molecule has 0 aliphatic carbocycles. The van der Waals surface area contributed by atoms with Crippen molar-refractivity contribution in [1.29, 1.82) is 0 Å². The number of hydrogen-bond donors (Lipinski definition) is 0. The Balaban J connectivity index is 3.30. The zero-order chi connectivity index (χ0) is 16.0. The van der Waals surface area contributed by atoms with Gasteiger partial charge in [-0.1, -0.05) is 0 Å². The normalized spacial score (nSPS) is 12.3. The van der Waals surface area contributed by atoms with E-state index >= 15 is 0 Å². The van der Waals surface area contributed by atoms with Crippen molar-refractivity contribution in [1.82, 2.24) is 0 Å². The summed E-state index contributed by atoms with van der Waals surface area (Å²) in [5.41, 5.74) is 0.811. The van der Waals surface area contributed by atoms with Crippen molar-refractivity contribution in [2.75, 3.05) is 14.2 Å². The quantitative estimate of drug-likeness (QED) is 0.672. The molecule has 0 amide bonds. The van der Waals surface area contributed by atoms with Gasteiger partial charge in [0.1, 0.15) is 0 Å². The second-order valence-electron chi connectivity index (χ2n) is 4.12. The van der Waals surface area contributed by atoms with Crippen LogP contribution in [0.2, 0.25) is 0 Å². The van der Waals surface area contributed by atoms with Crippen LogP contribution >= 0.6 is 20.6 Å². The minimum absolute atomic E-state index is 0.225. The topological polar surface area (TPSA) is 71.1 Å². The fraction of sp³-hybridized carbons (Fsp3) is 0.429. The summed E-state index contributed by atoms with van der Waals surface area (Å²) >= 11 is -2.92. The van der Waals surface area contributed by atoms with E-state index in [0.29, 0.717) is 9.32 Å². The van der Waals surface area contributed by atoms with Crippen LogP contribution in [0.5, 0.6) is 5.75 Å². The van der Waals surface area contributed by atoms with E-state index < -0.39 is 32.6 Å². The molecule has 0 fully saturated rings. The molecule has 1 rings (SSSR count). The van der Waals surface area contributed by atoms with Crippen LogP contribution in [0.25, 0.3) is 0 Å². The van der Waals surface area contributed by atoms with E-state index in [0.717, 1.165) is 5.56 Å². The number of halogens is 1. The first kappa shape index (κ1) is 17.7. The predicted octanol–water partition coefficient (Wildman–Crippen LogP) is 3.03. The van der Waals surface area contributed by atoms with Crippen molar-refractivity contribution in [3.05, 3.63) is 27.3 Å². The summed E-state index contributed by atoms with van der Waals surface area (Å²) < 4.78 is 21.7. The van der Waals surface area contributed by atoms with Crippen LogP contribution in [0.4, 0.5) is 0 Å². The molecular weight excluding hydrogens is 391 g/mol. The van der Waals surface area contributed by atoms with Crippen molar-refractivity contribution >= 4 is 32.6 Å². The van der Waals surface area contributed by atoms with E-state index in [1.165, 1.54) is 21.0 Å². The van der Waals surface area contributed by atoms with Gasteiger partial charge < -0.3 is 0 Å². The summed E-state index contributed by atoms with van der Waals surface area (Å²) in [6, 6.07) is 5.33. The van der Waals surface area contributed by atoms with Gasteiger partial charge in [0.25, 0.3) is 0 Å². The van der Waals surface area contributed by atoms with Crippen LogP contribution in [0, 0.1) is 3.57 Å². The van der Waals surface area contributed by atoms with Gasteiger partial charge in [0, 0.05) is 0 Å². The monoisotopic (exact) mass is 410 g/mol. The Morgan fingerprint density at radius 3 is 2.10 bits per heavy atom. The van der Waals surface area contributed by atoms with Crippen molar-refractivity contribution < 1.29 is 25.2 Å². The fourth-order valence-corrected chi connectivity index (χ4v) is 4.90. The summed E-state index contributed by atoms with van der Waals surface area (Å²) in [5, 5.41) is 0. The first-order valence-corrected chi connectivity index (χ1v) is 9.01. The molecule has 1 atom stereocenters. The van der Waals surface area contributed by atoms with Crippen molar-refractivity contribution in [2.45, 2.75) is 26.9 Å². The van der Waals surface area contributed by atoms with Crippen LogP contribution < -0.4 is 4.74 Å². The Hall–Kier alpha value is -1.35. The third-order valence-electron chi connectivity index (χ3n) is 2.52. The van der Waals surface area contributed by atoms with Gasteiger partial charge in [-0.05, 0) is 0 Å². The first-order chi connectivity index (χ1) is 9.88. The summed E-state index contributed by atoms with van der Waals surface area (Å²) in [6.07, 6.45) is -0.225. The second-order valence-corrected chi connectivity index (χ2v) is 7.40. The van der Waals surface area contributed by atoms with Gasteiger partial charge in [0.15, 0.2) is 0 Å². The third-order valence-corrected chi connectivity index (χ3v) is 6.45. The molecule has 0 aromatic heterocycles. The average Bonchev–Trinajstić information content (AvgIpc) is 2.44. The molecule has 0 spiro atoms. The Bertz CT molecular complexity index is 500. The molecule has 118 valence electrons. The molecule has 0 bridgehead atoms. The van der Waals surface area contributed by atoms with Crippen molar-refractivity contribution in [2.24, 2.45) is 0 Å². The van der Waals surface area contributed by atoms with Gasteiger partial charge in [0.2, 0.25) is 0 Å². The molecule has 21 heavy (non-hydrogen) atoms. The number of carbonyl (C=O) groups is 2. The minimum atomic E-state index is -2.92. The van der Waals surface area contributed by atoms with Gasteiger partial charge in [-0.2, -0.15) is 0 Å². The molecular formula is C14H19IO6. The molecule has 0 unspecified atom stereocenters. The van der Waals surface area contributed by atoms with Crippen LogP contribution in [0.15, 0.2) is 18.2 Å². The molecule has 0 aliphatic heterocycles. The van der Waals surface area contributed by atoms with E-state index in [2.05, 4.69) is 0 Å². The van der Waals surface area contributed by atoms with Crippen molar-refractivity contribution in [3.63, 3.8) is 0 Å². The SMILES string of the molecule is COc1ccc([C@H](C)OC)c(I(OC(C)=O)OC(C)=O)c1. The van der Waals surface area contributed by atoms with E-state index in [1.807, 2.05) is 13.0 Å². The molecule has 7 heteroatoms. The Morgan fingerprint density at radius 1 is 1.10 bits per heavy atom. The molecule has 0 N–H and O–H groups in total. The zero-order valence-corrected chi connectivity index (χ0v) is 14.8. The van der Waals surface area contributed by atoms with E-state index in [9.17, 15) is 9.59 Å². The standard InChI is InChI=1S/C14H19IO6/c1-9(18-4)13-7-6-12(19-5)8-14(13)15(20-10(2)16)21-11(3)17/h6-9H,1-5H3/t9-/m0/s1. The number of benzene rings is 1. The second kappa shape index (κ2) is 8.18. The zero-order valence-electron chi connectivity index (χ0n) is 12.6. The molecule has 0 saturated heterocycles. The summed E-state index contributed by atoms with van der Waals surface area (Å²) in [5.74, 6) is -0.376. The van der Waals surface area contributed by atoms with Crippen LogP contribution in [-0.2, 0) is 20.5 Å². The Kier molecular flexibility index (Phi) is 6.90. The molecule has 0 radical (unpaired) electrons. The number of hydrogen-bond acceptors (Lipinski definition) is 6. The molecule has 1 aromatic rings. The van der Waals surface area contributed by atoms with Crippen LogP contribution in [0.3, 0.4) is 0 Å². The van der Waals surface area contributed by atoms with E-state index in [1.54, 1.807) is 19.2 Å². The van der Waals surface area contributed by atoms with Crippen LogP contribution in [-0.4, -0.2) is 26.2 Å². The summed E-state index contributed by atoms with van der Waals surface area (Å²) in [6.45, 7) is 4.43. The molecule has 0 heterocycles. The van der Waals surface area contributed by atoms with E-state index in [4.69, 9.17) is 15.6 Å². The van der Waals surface area contributed by atoms with Gasteiger partial charge in [-0.15, -0.1) is 0 Å². The fourth-order valence-electron chi connectivity index (χ4n) is 1.52. The van der Waals surface area contributed by atoms with E-state index in [-0.39, 0.29) is 6.10 Å². The summed E-state index contributed by atoms with van der Waals surface area (Å²) in [7, 11) is 3.11. The average molecular weight is 410 g/mol. The summed E-state index contributed by atoms with van der Waals surface area (Å²) in [4.78, 5) is 22.6. The first-order valence-electron chi connectivity index (χ1n) is 6.17. The molecule has 6 nitrogen and oxygen atoms in total. The van der Waals surface area contributed by atoms with Gasteiger partial charge in [-0.25, -0.2) is 0 Å². The maximum atomic E-state index is 11.3. The Labute approximate surface area is 132 Å². The number of carbonyl (C=O) groups excluding carboxylic acids is 2. The Morgan fingerprint density at radius 2 is 1.67 bits per heavy atom. The van der Waals surface area contributed by atoms with Crippen molar-refractivity contribution in [3.8, 4) is 5.75 Å².